The second-order valence-electron chi connectivity index (χ2n) is 9.10. The lowest BCUT2D eigenvalue weighted by Crippen LogP contribution is -2.11. The van der Waals surface area contributed by atoms with Gasteiger partial charge < -0.3 is 0 Å². The van der Waals surface area contributed by atoms with Gasteiger partial charge in [0.15, 0.2) is 0 Å². The number of rotatable bonds is 3. The van der Waals surface area contributed by atoms with Crippen LogP contribution in [0.2, 0.25) is 0 Å². The van der Waals surface area contributed by atoms with E-state index in [0.29, 0.717) is 10.8 Å². The van der Waals surface area contributed by atoms with Crippen molar-refractivity contribution in [2.75, 3.05) is 0 Å². The van der Waals surface area contributed by atoms with Crippen molar-refractivity contribution in [3.8, 4) is 0 Å². The third-order valence-electron chi connectivity index (χ3n) is 5.34. The van der Waals surface area contributed by atoms with Crippen LogP contribution in [0.25, 0.3) is 0 Å². The number of allylic oxidation sites excluding steroid dienone is 8. The molecule has 2 aliphatic rings. The molecule has 0 saturated carbocycles. The van der Waals surface area contributed by atoms with E-state index >= 15 is 0 Å². The van der Waals surface area contributed by atoms with Gasteiger partial charge in [0.2, 0.25) is 0 Å². The SMILES string of the molecule is CC1=CCC(C(C)(C)C)=C1CCC1=C(C(C)(C)C)CC=C1C. The van der Waals surface area contributed by atoms with Gasteiger partial charge in [0.05, 0.1) is 0 Å². The van der Waals surface area contributed by atoms with Gasteiger partial charge in [-0.3, -0.25) is 0 Å². The molecule has 0 bridgehead atoms. The molecule has 2 rings (SSSR count). The van der Waals surface area contributed by atoms with Crippen LogP contribution in [0.3, 0.4) is 0 Å². The van der Waals surface area contributed by atoms with E-state index < -0.39 is 0 Å². The normalized spacial score (nSPS) is 20.0. The Kier molecular flexibility index (Phi) is 4.62. The van der Waals surface area contributed by atoms with Gasteiger partial charge in [0.1, 0.15) is 0 Å². The van der Waals surface area contributed by atoms with Crippen molar-refractivity contribution in [2.45, 2.75) is 81.1 Å². The summed E-state index contributed by atoms with van der Waals surface area (Å²) in [7, 11) is 0. The van der Waals surface area contributed by atoms with E-state index in [0.717, 1.165) is 12.8 Å². The summed E-state index contributed by atoms with van der Waals surface area (Å²) in [5.74, 6) is 0. The molecular weight excluding hydrogens is 264 g/mol. The quantitative estimate of drug-likeness (QED) is 0.519. The van der Waals surface area contributed by atoms with Gasteiger partial charge in [0.25, 0.3) is 0 Å². The summed E-state index contributed by atoms with van der Waals surface area (Å²) < 4.78 is 0. The van der Waals surface area contributed by atoms with Crippen LogP contribution in [0, 0.1) is 10.8 Å². The predicted molar refractivity (Wildman–Crippen MR) is 98.9 cm³/mol. The Hall–Kier alpha value is -1.04. The third-order valence-corrected chi connectivity index (χ3v) is 5.34. The molecule has 122 valence electrons. The molecule has 0 spiro atoms. The van der Waals surface area contributed by atoms with Crippen LogP contribution in [0.5, 0.6) is 0 Å². The molecule has 0 heteroatoms. The lowest BCUT2D eigenvalue weighted by molar-refractivity contribution is 0.486. The van der Waals surface area contributed by atoms with E-state index in [1.54, 1.807) is 22.3 Å². The summed E-state index contributed by atoms with van der Waals surface area (Å²) in [5, 5.41) is 0. The standard InChI is InChI=1S/C22H34/c1-15-9-13-19(21(3,4)5)17(15)11-12-18-16(2)10-14-20(18)22(6,7)8/h9-10H,11-14H2,1-8H3. The summed E-state index contributed by atoms with van der Waals surface area (Å²) in [6, 6.07) is 0. The summed E-state index contributed by atoms with van der Waals surface area (Å²) in [5.41, 5.74) is 10.2. The Morgan fingerprint density at radius 3 is 1.27 bits per heavy atom. The average Bonchev–Trinajstić information content (AvgIpc) is 2.89. The van der Waals surface area contributed by atoms with Crippen molar-refractivity contribution in [3.05, 3.63) is 45.6 Å². The van der Waals surface area contributed by atoms with Gasteiger partial charge in [-0.05, 0) is 61.5 Å². The van der Waals surface area contributed by atoms with Gasteiger partial charge in [-0.25, -0.2) is 0 Å². The van der Waals surface area contributed by atoms with Crippen molar-refractivity contribution in [2.24, 2.45) is 10.8 Å². The van der Waals surface area contributed by atoms with E-state index in [4.69, 9.17) is 0 Å². The van der Waals surface area contributed by atoms with Gasteiger partial charge in [0, 0.05) is 0 Å². The van der Waals surface area contributed by atoms with E-state index in [2.05, 4.69) is 67.5 Å². The average molecular weight is 299 g/mol. The Morgan fingerprint density at radius 2 is 1.00 bits per heavy atom. The summed E-state index contributed by atoms with van der Waals surface area (Å²) in [6.45, 7) is 18.7. The number of hydrogen-bond acceptors (Lipinski definition) is 0. The molecule has 0 heterocycles. The highest BCUT2D eigenvalue weighted by Gasteiger charge is 2.27. The van der Waals surface area contributed by atoms with Crippen LogP contribution in [0.15, 0.2) is 45.6 Å². The Morgan fingerprint density at radius 1 is 0.682 bits per heavy atom. The Balaban J connectivity index is 2.25. The number of hydrogen-bond donors (Lipinski definition) is 0. The monoisotopic (exact) mass is 298 g/mol. The first kappa shape index (κ1) is 17.3. The maximum atomic E-state index is 2.42. The molecule has 0 aromatic carbocycles. The molecule has 0 unspecified atom stereocenters. The minimum atomic E-state index is 0.297. The van der Waals surface area contributed by atoms with Crippen LogP contribution < -0.4 is 0 Å². The van der Waals surface area contributed by atoms with Crippen LogP contribution in [0.1, 0.15) is 81.1 Å². The third kappa shape index (κ3) is 3.47. The van der Waals surface area contributed by atoms with Gasteiger partial charge in [-0.1, -0.05) is 76.0 Å². The second-order valence-corrected chi connectivity index (χ2v) is 9.10. The molecule has 0 saturated heterocycles. The first-order valence-corrected chi connectivity index (χ1v) is 8.81. The van der Waals surface area contributed by atoms with Gasteiger partial charge >= 0.3 is 0 Å². The maximum absolute atomic E-state index is 2.42. The van der Waals surface area contributed by atoms with E-state index in [-0.39, 0.29) is 0 Å². The fourth-order valence-corrected chi connectivity index (χ4v) is 3.94. The lowest BCUT2D eigenvalue weighted by atomic mass is 9.79. The molecule has 0 aromatic rings. The molecule has 22 heavy (non-hydrogen) atoms. The smallest absolute Gasteiger partial charge is 0.0122 e. The largest absolute Gasteiger partial charge is 0.0772 e. The van der Waals surface area contributed by atoms with Gasteiger partial charge in [-0.15, -0.1) is 0 Å². The molecule has 0 amide bonds. The molecule has 0 aliphatic heterocycles. The van der Waals surface area contributed by atoms with Crippen LogP contribution in [0.4, 0.5) is 0 Å². The van der Waals surface area contributed by atoms with Crippen LogP contribution in [-0.2, 0) is 0 Å². The highest BCUT2D eigenvalue weighted by molar-refractivity contribution is 5.47. The van der Waals surface area contributed by atoms with Gasteiger partial charge in [-0.2, -0.15) is 0 Å². The van der Waals surface area contributed by atoms with E-state index in [9.17, 15) is 0 Å². The van der Waals surface area contributed by atoms with Crippen LogP contribution >= 0.6 is 0 Å². The second kappa shape index (κ2) is 5.87. The Bertz CT molecular complexity index is 521. The summed E-state index contributed by atoms with van der Waals surface area (Å²) >= 11 is 0. The van der Waals surface area contributed by atoms with Crippen molar-refractivity contribution >= 4 is 0 Å². The molecule has 0 nitrogen and oxygen atoms in total. The van der Waals surface area contributed by atoms with Crippen molar-refractivity contribution in [3.63, 3.8) is 0 Å². The zero-order chi connectivity index (χ0) is 16.7. The summed E-state index contributed by atoms with van der Waals surface area (Å²) in [6.07, 6.45) is 9.57. The van der Waals surface area contributed by atoms with E-state index in [1.165, 1.54) is 24.0 Å². The highest BCUT2D eigenvalue weighted by atomic mass is 14.3. The minimum absolute atomic E-state index is 0.297. The first-order valence-electron chi connectivity index (χ1n) is 8.81. The zero-order valence-corrected chi connectivity index (χ0v) is 16.0. The zero-order valence-electron chi connectivity index (χ0n) is 16.0. The molecule has 0 aromatic heterocycles. The maximum Gasteiger partial charge on any atom is -0.0122 e. The van der Waals surface area contributed by atoms with Crippen LogP contribution in [-0.4, -0.2) is 0 Å². The lowest BCUT2D eigenvalue weighted by Gasteiger charge is -2.25. The van der Waals surface area contributed by atoms with Crippen molar-refractivity contribution < 1.29 is 0 Å². The molecule has 0 N–H and O–H groups in total. The summed E-state index contributed by atoms with van der Waals surface area (Å²) in [4.78, 5) is 0. The first-order chi connectivity index (χ1) is 10.0. The highest BCUT2D eigenvalue weighted by Crippen LogP contribution is 2.44. The van der Waals surface area contributed by atoms with Crippen molar-refractivity contribution in [1.82, 2.24) is 0 Å². The Labute approximate surface area is 138 Å². The fourth-order valence-electron chi connectivity index (χ4n) is 3.94. The minimum Gasteiger partial charge on any atom is -0.0772 e. The molecular formula is C22H34. The molecule has 2 aliphatic carbocycles. The molecule has 0 fully saturated rings. The van der Waals surface area contributed by atoms with E-state index in [1.807, 2.05) is 0 Å². The fraction of sp³-hybridized carbons (Fsp3) is 0.636. The topological polar surface area (TPSA) is 0 Å². The molecule has 0 radical (unpaired) electrons. The van der Waals surface area contributed by atoms with Crippen molar-refractivity contribution in [1.29, 1.82) is 0 Å². The molecule has 0 atom stereocenters. The predicted octanol–water partition coefficient (Wildman–Crippen LogP) is 7.15.